The van der Waals surface area contributed by atoms with E-state index in [-0.39, 0.29) is 18.2 Å². The first kappa shape index (κ1) is 18.0. The van der Waals surface area contributed by atoms with Crippen LogP contribution in [0.5, 0.6) is 5.75 Å². The molecule has 0 unspecified atom stereocenters. The van der Waals surface area contributed by atoms with Gasteiger partial charge in [-0.3, -0.25) is 4.90 Å². The predicted molar refractivity (Wildman–Crippen MR) is 98.2 cm³/mol. The third kappa shape index (κ3) is 4.86. The molecular weight excluding hydrogens is 318 g/mol. The number of hydrogen-bond acceptors (Lipinski definition) is 4. The first-order chi connectivity index (χ1) is 12.1. The van der Waals surface area contributed by atoms with Crippen LogP contribution in [0, 0.1) is 0 Å². The molecule has 0 aromatic heterocycles. The molecule has 2 aliphatic rings. The van der Waals surface area contributed by atoms with Gasteiger partial charge in [-0.1, -0.05) is 12.1 Å². The molecule has 2 aliphatic heterocycles. The highest BCUT2D eigenvalue weighted by Gasteiger charge is 2.31. The van der Waals surface area contributed by atoms with Gasteiger partial charge >= 0.3 is 6.03 Å². The fourth-order valence-electron chi connectivity index (χ4n) is 3.49. The molecule has 2 heterocycles. The summed E-state index contributed by atoms with van der Waals surface area (Å²) in [6.45, 7) is 9.20. The number of nitrogens with zero attached hydrogens (tertiary/aromatic N) is 2. The third-order valence-corrected chi connectivity index (χ3v) is 4.70. The first-order valence-electron chi connectivity index (χ1n) is 9.27. The standard InChI is InChI=1S/C19H29N3O3/c1-15(2)25-18-8-4-3-7-17(18)20-19(23)22-9-5-6-16(22)14-21-10-12-24-13-11-21/h3-4,7-8,15-16H,5-6,9-14H2,1-2H3,(H,20,23)/t16-/m1/s1. The highest BCUT2D eigenvalue weighted by Crippen LogP contribution is 2.27. The zero-order valence-electron chi connectivity index (χ0n) is 15.2. The maximum atomic E-state index is 12.8. The van der Waals surface area contributed by atoms with Crippen LogP contribution in [0.4, 0.5) is 10.5 Å². The summed E-state index contributed by atoms with van der Waals surface area (Å²) in [5.41, 5.74) is 0.734. The summed E-state index contributed by atoms with van der Waals surface area (Å²) in [5, 5.41) is 3.04. The molecule has 0 bridgehead atoms. The van der Waals surface area contributed by atoms with Crippen LogP contribution in [-0.4, -0.2) is 67.4 Å². The van der Waals surface area contributed by atoms with E-state index in [1.165, 1.54) is 0 Å². The number of amides is 2. The smallest absolute Gasteiger partial charge is 0.322 e. The minimum atomic E-state index is -0.0319. The van der Waals surface area contributed by atoms with Crippen LogP contribution in [0.2, 0.25) is 0 Å². The summed E-state index contributed by atoms with van der Waals surface area (Å²) in [4.78, 5) is 17.2. The van der Waals surface area contributed by atoms with Crippen molar-refractivity contribution in [1.82, 2.24) is 9.80 Å². The summed E-state index contributed by atoms with van der Waals surface area (Å²) in [6, 6.07) is 7.86. The van der Waals surface area contributed by atoms with Gasteiger partial charge in [0.2, 0.25) is 0 Å². The van der Waals surface area contributed by atoms with Crippen LogP contribution in [0.1, 0.15) is 26.7 Å². The van der Waals surface area contributed by atoms with Gasteiger partial charge < -0.3 is 19.7 Å². The van der Waals surface area contributed by atoms with Gasteiger partial charge in [0.25, 0.3) is 0 Å². The maximum Gasteiger partial charge on any atom is 0.322 e. The van der Waals surface area contributed by atoms with Gasteiger partial charge in [-0.2, -0.15) is 0 Å². The number of likely N-dealkylation sites (tertiary alicyclic amines) is 1. The quantitative estimate of drug-likeness (QED) is 0.890. The van der Waals surface area contributed by atoms with Gasteiger partial charge in [0.05, 0.1) is 25.0 Å². The lowest BCUT2D eigenvalue weighted by Gasteiger charge is -2.33. The Morgan fingerprint density at radius 2 is 2.04 bits per heavy atom. The number of ether oxygens (including phenoxy) is 2. The van der Waals surface area contributed by atoms with E-state index in [1.807, 2.05) is 43.0 Å². The van der Waals surface area contributed by atoms with Crippen LogP contribution in [0.25, 0.3) is 0 Å². The number of urea groups is 1. The molecule has 0 radical (unpaired) electrons. The molecule has 6 heteroatoms. The Morgan fingerprint density at radius 1 is 1.28 bits per heavy atom. The molecule has 2 saturated heterocycles. The molecule has 2 amide bonds. The van der Waals surface area contributed by atoms with Gasteiger partial charge in [0, 0.05) is 32.2 Å². The minimum absolute atomic E-state index is 0.0319. The van der Waals surface area contributed by atoms with Crippen molar-refractivity contribution in [3.8, 4) is 5.75 Å². The Kier molecular flexibility index (Phi) is 6.15. The summed E-state index contributed by atoms with van der Waals surface area (Å²) < 4.78 is 11.2. The van der Waals surface area contributed by atoms with Crippen molar-refractivity contribution >= 4 is 11.7 Å². The zero-order valence-corrected chi connectivity index (χ0v) is 15.2. The number of para-hydroxylation sites is 2. The second-order valence-electron chi connectivity index (χ2n) is 7.00. The first-order valence-corrected chi connectivity index (χ1v) is 9.27. The molecule has 0 aliphatic carbocycles. The normalized spacial score (nSPS) is 21.6. The Hall–Kier alpha value is -1.79. The number of carbonyl (C=O) groups is 1. The van der Waals surface area contributed by atoms with Gasteiger partial charge in [0.1, 0.15) is 5.75 Å². The van der Waals surface area contributed by atoms with E-state index in [1.54, 1.807) is 0 Å². The lowest BCUT2D eigenvalue weighted by Crippen LogP contribution is -2.47. The summed E-state index contributed by atoms with van der Waals surface area (Å²) >= 11 is 0. The number of anilines is 1. The number of rotatable bonds is 5. The SMILES string of the molecule is CC(C)Oc1ccccc1NC(=O)N1CCC[C@@H]1CN1CCOCC1. The van der Waals surface area contributed by atoms with E-state index in [0.29, 0.717) is 0 Å². The molecular formula is C19H29N3O3. The van der Waals surface area contributed by atoms with Crippen molar-refractivity contribution in [2.45, 2.75) is 38.8 Å². The van der Waals surface area contributed by atoms with E-state index in [9.17, 15) is 4.79 Å². The topological polar surface area (TPSA) is 54.0 Å². The Labute approximate surface area is 150 Å². The van der Waals surface area contributed by atoms with E-state index < -0.39 is 0 Å². The molecule has 0 spiro atoms. The molecule has 2 fully saturated rings. The molecule has 6 nitrogen and oxygen atoms in total. The molecule has 0 saturated carbocycles. The van der Waals surface area contributed by atoms with Crippen molar-refractivity contribution in [3.05, 3.63) is 24.3 Å². The lowest BCUT2D eigenvalue weighted by molar-refractivity contribution is 0.0296. The van der Waals surface area contributed by atoms with Gasteiger partial charge in [-0.15, -0.1) is 0 Å². The van der Waals surface area contributed by atoms with E-state index in [4.69, 9.17) is 9.47 Å². The average molecular weight is 347 g/mol. The second-order valence-corrected chi connectivity index (χ2v) is 7.00. The van der Waals surface area contributed by atoms with Crippen LogP contribution in [0.15, 0.2) is 24.3 Å². The second kappa shape index (κ2) is 8.54. The van der Waals surface area contributed by atoms with Crippen molar-refractivity contribution in [2.75, 3.05) is 44.7 Å². The summed E-state index contributed by atoms with van der Waals surface area (Å²) in [6.07, 6.45) is 2.19. The minimum Gasteiger partial charge on any atom is -0.489 e. The molecule has 1 N–H and O–H groups in total. The van der Waals surface area contributed by atoms with Gasteiger partial charge in [-0.05, 0) is 38.8 Å². The molecule has 1 aromatic carbocycles. The highest BCUT2D eigenvalue weighted by atomic mass is 16.5. The van der Waals surface area contributed by atoms with Crippen molar-refractivity contribution in [3.63, 3.8) is 0 Å². The van der Waals surface area contributed by atoms with Crippen LogP contribution >= 0.6 is 0 Å². The molecule has 3 rings (SSSR count). The van der Waals surface area contributed by atoms with Gasteiger partial charge in [0.15, 0.2) is 0 Å². The molecule has 138 valence electrons. The maximum absolute atomic E-state index is 12.8. The highest BCUT2D eigenvalue weighted by molar-refractivity contribution is 5.91. The fraction of sp³-hybridized carbons (Fsp3) is 0.632. The number of benzene rings is 1. The Morgan fingerprint density at radius 3 is 2.80 bits per heavy atom. The number of hydrogen-bond donors (Lipinski definition) is 1. The molecule has 1 atom stereocenters. The Bertz CT molecular complexity index is 573. The molecule has 1 aromatic rings. The monoisotopic (exact) mass is 347 g/mol. The number of nitrogens with one attached hydrogen (secondary N) is 1. The van der Waals surface area contributed by atoms with Crippen LogP contribution in [0.3, 0.4) is 0 Å². The third-order valence-electron chi connectivity index (χ3n) is 4.70. The van der Waals surface area contributed by atoms with Crippen molar-refractivity contribution in [2.24, 2.45) is 0 Å². The average Bonchev–Trinajstić information content (AvgIpc) is 3.05. The largest absolute Gasteiger partial charge is 0.489 e. The summed E-state index contributed by atoms with van der Waals surface area (Å²) in [7, 11) is 0. The zero-order chi connectivity index (χ0) is 17.6. The predicted octanol–water partition coefficient (Wildman–Crippen LogP) is 2.80. The van der Waals surface area contributed by atoms with E-state index in [0.717, 1.165) is 63.7 Å². The van der Waals surface area contributed by atoms with Crippen molar-refractivity contribution in [1.29, 1.82) is 0 Å². The van der Waals surface area contributed by atoms with E-state index in [2.05, 4.69) is 10.2 Å². The number of morpholine rings is 1. The fourth-order valence-corrected chi connectivity index (χ4v) is 3.49. The lowest BCUT2D eigenvalue weighted by atomic mass is 10.2. The van der Waals surface area contributed by atoms with E-state index >= 15 is 0 Å². The van der Waals surface area contributed by atoms with Gasteiger partial charge in [-0.25, -0.2) is 4.79 Å². The molecule has 25 heavy (non-hydrogen) atoms. The number of carbonyl (C=O) groups excluding carboxylic acids is 1. The Balaban J connectivity index is 1.62. The van der Waals surface area contributed by atoms with Crippen LogP contribution < -0.4 is 10.1 Å². The van der Waals surface area contributed by atoms with Crippen molar-refractivity contribution < 1.29 is 14.3 Å². The van der Waals surface area contributed by atoms with Crippen LogP contribution in [-0.2, 0) is 4.74 Å². The summed E-state index contributed by atoms with van der Waals surface area (Å²) in [5.74, 6) is 0.717.